The number of carboxylic acids is 2. The smallest absolute Gasteiger partial charge is 0.319 e. The quantitative estimate of drug-likeness (QED) is 0.303. The van der Waals surface area contributed by atoms with Crippen molar-refractivity contribution in [3.63, 3.8) is 0 Å². The SMILES string of the molecule is CCCCC(CC)CC(C)(SC(C)(CC(CC)CCCC)C(=O)O)C(=O)O. The highest BCUT2D eigenvalue weighted by atomic mass is 32.2. The van der Waals surface area contributed by atoms with E-state index < -0.39 is 21.4 Å². The van der Waals surface area contributed by atoms with Crippen molar-refractivity contribution in [3.8, 4) is 0 Å². The largest absolute Gasteiger partial charge is 0.480 e. The Morgan fingerprint density at radius 2 is 1.11 bits per heavy atom. The molecule has 0 bridgehead atoms. The van der Waals surface area contributed by atoms with Crippen molar-refractivity contribution < 1.29 is 19.8 Å². The minimum Gasteiger partial charge on any atom is -0.480 e. The number of unbranched alkanes of at least 4 members (excludes halogenated alkanes) is 2. The first-order valence-corrected chi connectivity index (χ1v) is 11.6. The van der Waals surface area contributed by atoms with E-state index in [2.05, 4.69) is 27.7 Å². The summed E-state index contributed by atoms with van der Waals surface area (Å²) in [6.07, 6.45) is 9.29. The Morgan fingerprint density at radius 1 is 0.778 bits per heavy atom. The fourth-order valence-electron chi connectivity index (χ4n) is 3.83. The number of carbonyl (C=O) groups is 2. The van der Waals surface area contributed by atoms with Crippen LogP contribution < -0.4 is 0 Å². The van der Waals surface area contributed by atoms with Gasteiger partial charge in [0, 0.05) is 0 Å². The van der Waals surface area contributed by atoms with Gasteiger partial charge in [0.15, 0.2) is 0 Å². The minimum absolute atomic E-state index is 0.318. The van der Waals surface area contributed by atoms with Crippen LogP contribution in [0.2, 0.25) is 0 Å². The molecule has 0 aliphatic rings. The molecule has 5 heteroatoms. The molecule has 0 rings (SSSR count). The predicted octanol–water partition coefficient (Wildman–Crippen LogP) is 6.62. The molecule has 4 nitrogen and oxygen atoms in total. The van der Waals surface area contributed by atoms with Crippen LogP contribution in [0.25, 0.3) is 0 Å². The first-order chi connectivity index (χ1) is 12.6. The molecule has 2 N–H and O–H groups in total. The molecule has 0 amide bonds. The molecule has 160 valence electrons. The lowest BCUT2D eigenvalue weighted by atomic mass is 9.88. The molecule has 4 atom stereocenters. The van der Waals surface area contributed by atoms with E-state index >= 15 is 0 Å². The molecular weight excluding hydrogens is 360 g/mol. The summed E-state index contributed by atoms with van der Waals surface area (Å²) in [5.74, 6) is -1.15. The van der Waals surface area contributed by atoms with Crippen LogP contribution >= 0.6 is 11.8 Å². The van der Waals surface area contributed by atoms with Crippen LogP contribution in [0, 0.1) is 11.8 Å². The van der Waals surface area contributed by atoms with Gasteiger partial charge in [0.2, 0.25) is 0 Å². The Kier molecular flexibility index (Phi) is 12.4. The van der Waals surface area contributed by atoms with Crippen LogP contribution in [-0.4, -0.2) is 31.6 Å². The first-order valence-electron chi connectivity index (χ1n) is 10.7. The molecule has 0 aliphatic heterocycles. The maximum Gasteiger partial charge on any atom is 0.319 e. The summed E-state index contributed by atoms with van der Waals surface area (Å²) in [5.41, 5.74) is 0. The highest BCUT2D eigenvalue weighted by molar-refractivity contribution is 8.03. The van der Waals surface area contributed by atoms with Gasteiger partial charge in [-0.05, 0) is 38.5 Å². The van der Waals surface area contributed by atoms with E-state index in [0.717, 1.165) is 51.4 Å². The van der Waals surface area contributed by atoms with Crippen molar-refractivity contribution in [1.82, 2.24) is 0 Å². The van der Waals surface area contributed by atoms with Gasteiger partial charge in [0.25, 0.3) is 0 Å². The van der Waals surface area contributed by atoms with Crippen LogP contribution in [0.4, 0.5) is 0 Å². The highest BCUT2D eigenvalue weighted by Gasteiger charge is 2.47. The van der Waals surface area contributed by atoms with Crippen LogP contribution in [0.1, 0.15) is 106 Å². The summed E-state index contributed by atoms with van der Waals surface area (Å²) in [4.78, 5) is 24.3. The third-order valence-electron chi connectivity index (χ3n) is 5.80. The monoisotopic (exact) mass is 402 g/mol. The zero-order chi connectivity index (χ0) is 21.1. The lowest BCUT2D eigenvalue weighted by molar-refractivity contribution is -0.140. The maximum atomic E-state index is 12.2. The molecule has 27 heavy (non-hydrogen) atoms. The fraction of sp³-hybridized carbons (Fsp3) is 0.909. The van der Waals surface area contributed by atoms with Crippen LogP contribution in [0.15, 0.2) is 0 Å². The van der Waals surface area contributed by atoms with Gasteiger partial charge in [-0.25, -0.2) is 0 Å². The summed E-state index contributed by atoms with van der Waals surface area (Å²) in [6.45, 7) is 11.9. The summed E-state index contributed by atoms with van der Waals surface area (Å²) in [6, 6.07) is 0. The van der Waals surface area contributed by atoms with Crippen molar-refractivity contribution >= 4 is 23.7 Å². The molecule has 0 aromatic carbocycles. The van der Waals surface area contributed by atoms with E-state index in [1.54, 1.807) is 13.8 Å². The third kappa shape index (κ3) is 8.89. The second-order valence-electron chi connectivity index (χ2n) is 8.42. The average molecular weight is 403 g/mol. The highest BCUT2D eigenvalue weighted by Crippen LogP contribution is 2.46. The van der Waals surface area contributed by atoms with Gasteiger partial charge in [-0.3, -0.25) is 9.59 Å². The number of aliphatic carboxylic acids is 2. The summed E-state index contributed by atoms with van der Waals surface area (Å²) in [5, 5.41) is 19.9. The zero-order valence-corrected chi connectivity index (χ0v) is 19.2. The predicted molar refractivity (Wildman–Crippen MR) is 116 cm³/mol. The summed E-state index contributed by atoms with van der Waals surface area (Å²) < 4.78 is -2.16. The van der Waals surface area contributed by atoms with Crippen molar-refractivity contribution in [1.29, 1.82) is 0 Å². The molecule has 0 saturated heterocycles. The molecule has 0 aliphatic carbocycles. The Bertz CT molecular complexity index is 414. The zero-order valence-electron chi connectivity index (χ0n) is 18.3. The van der Waals surface area contributed by atoms with Crippen molar-refractivity contribution in [2.75, 3.05) is 0 Å². The van der Waals surface area contributed by atoms with E-state index in [1.165, 1.54) is 11.8 Å². The number of rotatable bonds is 16. The Balaban J connectivity index is 5.46. The Hall–Kier alpha value is -0.710. The molecule has 0 aromatic heterocycles. The molecule has 0 heterocycles. The van der Waals surface area contributed by atoms with Gasteiger partial charge in [0.05, 0.1) is 0 Å². The average Bonchev–Trinajstić information content (AvgIpc) is 2.61. The normalized spacial score (nSPS) is 18.3. The Morgan fingerprint density at radius 3 is 1.33 bits per heavy atom. The lowest BCUT2D eigenvalue weighted by Crippen LogP contribution is -2.44. The minimum atomic E-state index is -1.08. The number of hydrogen-bond acceptors (Lipinski definition) is 3. The van der Waals surface area contributed by atoms with E-state index in [0.29, 0.717) is 24.7 Å². The second-order valence-corrected chi connectivity index (χ2v) is 10.4. The number of thioether (sulfide) groups is 1. The van der Waals surface area contributed by atoms with E-state index in [9.17, 15) is 19.8 Å². The summed E-state index contributed by atoms with van der Waals surface area (Å²) in [7, 11) is 0. The second kappa shape index (κ2) is 12.7. The van der Waals surface area contributed by atoms with Gasteiger partial charge in [-0.2, -0.15) is 0 Å². The first kappa shape index (κ1) is 26.3. The van der Waals surface area contributed by atoms with Gasteiger partial charge in [0.1, 0.15) is 9.49 Å². The van der Waals surface area contributed by atoms with Gasteiger partial charge in [-0.1, -0.05) is 79.1 Å². The number of hydrogen-bond donors (Lipinski definition) is 2. The molecule has 0 aromatic rings. The maximum absolute atomic E-state index is 12.2. The van der Waals surface area contributed by atoms with Crippen LogP contribution in [0.3, 0.4) is 0 Å². The van der Waals surface area contributed by atoms with Gasteiger partial charge >= 0.3 is 11.9 Å². The van der Waals surface area contributed by atoms with Crippen molar-refractivity contribution in [3.05, 3.63) is 0 Å². The molecule has 4 unspecified atom stereocenters. The lowest BCUT2D eigenvalue weighted by Gasteiger charge is -2.37. The van der Waals surface area contributed by atoms with Gasteiger partial charge in [-0.15, -0.1) is 11.8 Å². The van der Waals surface area contributed by atoms with E-state index in [4.69, 9.17) is 0 Å². The number of carboxylic acid groups (broad SMARTS) is 2. The topological polar surface area (TPSA) is 74.6 Å². The summed E-state index contributed by atoms with van der Waals surface area (Å²) >= 11 is 1.17. The molecular formula is C22H42O4S. The standard InChI is InChI=1S/C22H42O4S/c1-7-11-13-17(9-3)15-21(5,19(23)24)27-22(6,20(25)26)16-18(10-4)14-12-8-2/h17-18H,7-16H2,1-6H3,(H,23,24)(H,25,26). The Labute approximate surface area is 170 Å². The van der Waals surface area contributed by atoms with Gasteiger partial charge < -0.3 is 10.2 Å². The molecule has 0 radical (unpaired) electrons. The molecule has 0 spiro atoms. The fourth-order valence-corrected chi connectivity index (χ4v) is 5.64. The van der Waals surface area contributed by atoms with Crippen molar-refractivity contribution in [2.45, 2.75) is 115 Å². The molecule has 0 fully saturated rings. The third-order valence-corrected chi connectivity index (χ3v) is 7.38. The van der Waals surface area contributed by atoms with Crippen molar-refractivity contribution in [2.24, 2.45) is 11.8 Å². The van der Waals surface area contributed by atoms with E-state index in [-0.39, 0.29) is 0 Å². The van der Waals surface area contributed by atoms with Crippen LogP contribution in [0.5, 0.6) is 0 Å². The van der Waals surface area contributed by atoms with Crippen LogP contribution in [-0.2, 0) is 9.59 Å². The van der Waals surface area contributed by atoms with E-state index in [1.807, 2.05) is 0 Å². The molecule has 0 saturated carbocycles.